The molecule has 1 aliphatic rings. The van der Waals surface area contributed by atoms with Crippen LogP contribution in [0.3, 0.4) is 0 Å². The number of benzene rings is 2. The van der Waals surface area contributed by atoms with Crippen LogP contribution in [0.25, 0.3) is 10.9 Å². The maximum absolute atomic E-state index is 13.9. The fourth-order valence-electron chi connectivity index (χ4n) is 3.71. The molecule has 0 bridgehead atoms. The number of rotatable bonds is 3. The number of nitrogens with one attached hydrogen (secondary N) is 1. The Balaban J connectivity index is 1.73. The van der Waals surface area contributed by atoms with Gasteiger partial charge in [-0.3, -0.25) is 0 Å². The normalized spacial score (nSPS) is 14.1. The molecule has 0 radical (unpaired) electrons. The van der Waals surface area contributed by atoms with Crippen LogP contribution < -0.4 is 5.32 Å². The third-order valence-corrected chi connectivity index (χ3v) is 4.90. The van der Waals surface area contributed by atoms with E-state index in [0.29, 0.717) is 18.5 Å². The first-order chi connectivity index (χ1) is 11.6. The largest absolute Gasteiger partial charge is 0.344 e. The molecule has 24 heavy (non-hydrogen) atoms. The summed E-state index contributed by atoms with van der Waals surface area (Å²) in [6.45, 7) is 4.66. The van der Waals surface area contributed by atoms with E-state index in [1.807, 2.05) is 0 Å². The topological polar surface area (TPSA) is 17.0 Å². The molecule has 1 aliphatic heterocycles. The lowest BCUT2D eigenvalue weighted by Crippen LogP contribution is -2.25. The van der Waals surface area contributed by atoms with Gasteiger partial charge in [0.1, 0.15) is 11.6 Å². The van der Waals surface area contributed by atoms with Crippen molar-refractivity contribution in [2.24, 2.45) is 0 Å². The Morgan fingerprint density at radius 2 is 2.00 bits per heavy atom. The first-order valence-electron chi connectivity index (χ1n) is 8.39. The molecule has 1 aromatic heterocycles. The second-order valence-electron chi connectivity index (χ2n) is 6.51. The van der Waals surface area contributed by atoms with E-state index in [4.69, 9.17) is 0 Å². The van der Waals surface area contributed by atoms with Crippen molar-refractivity contribution in [3.8, 4) is 0 Å². The molecule has 2 nitrogen and oxygen atoms in total. The lowest BCUT2D eigenvalue weighted by Gasteiger charge is -2.17. The van der Waals surface area contributed by atoms with E-state index in [0.717, 1.165) is 25.6 Å². The second-order valence-corrected chi connectivity index (χ2v) is 6.51. The summed E-state index contributed by atoms with van der Waals surface area (Å²) in [5.74, 6) is -0.987. The van der Waals surface area contributed by atoms with Crippen LogP contribution in [0.5, 0.6) is 0 Å². The number of aromatic nitrogens is 1. The van der Waals surface area contributed by atoms with Gasteiger partial charge in [0, 0.05) is 48.7 Å². The molecule has 2 heterocycles. The van der Waals surface area contributed by atoms with Crippen LogP contribution in [-0.2, 0) is 25.9 Å². The Morgan fingerprint density at radius 3 is 2.83 bits per heavy atom. The van der Waals surface area contributed by atoms with Crippen LogP contribution in [-0.4, -0.2) is 11.1 Å². The van der Waals surface area contributed by atoms with Crippen molar-refractivity contribution in [3.63, 3.8) is 0 Å². The van der Waals surface area contributed by atoms with E-state index in [2.05, 4.69) is 35.0 Å². The summed E-state index contributed by atoms with van der Waals surface area (Å²) in [5, 5.41) is 4.73. The summed E-state index contributed by atoms with van der Waals surface area (Å²) in [4.78, 5) is 0. The van der Waals surface area contributed by atoms with Gasteiger partial charge in [-0.05, 0) is 42.7 Å². The van der Waals surface area contributed by atoms with Gasteiger partial charge in [-0.2, -0.15) is 0 Å². The highest BCUT2D eigenvalue weighted by Crippen LogP contribution is 2.30. The van der Waals surface area contributed by atoms with Crippen molar-refractivity contribution in [2.75, 3.05) is 6.54 Å². The fourth-order valence-corrected chi connectivity index (χ4v) is 3.71. The summed E-state index contributed by atoms with van der Waals surface area (Å²) in [6.07, 6.45) is 1.54. The molecule has 0 aliphatic carbocycles. The molecule has 0 saturated heterocycles. The molecule has 1 N–H and O–H groups in total. The van der Waals surface area contributed by atoms with E-state index < -0.39 is 11.6 Å². The van der Waals surface area contributed by atoms with Gasteiger partial charge in [0.05, 0.1) is 0 Å². The van der Waals surface area contributed by atoms with E-state index in [-0.39, 0.29) is 0 Å². The number of halogens is 2. The molecule has 0 saturated carbocycles. The van der Waals surface area contributed by atoms with Crippen LogP contribution in [0.4, 0.5) is 8.78 Å². The average Bonchev–Trinajstić information content (AvgIpc) is 2.88. The van der Waals surface area contributed by atoms with Crippen LogP contribution >= 0.6 is 0 Å². The Hall–Kier alpha value is -2.20. The first kappa shape index (κ1) is 15.3. The average molecular weight is 326 g/mol. The maximum Gasteiger partial charge on any atom is 0.129 e. The Kier molecular flexibility index (Phi) is 3.85. The summed E-state index contributed by atoms with van der Waals surface area (Å²) >= 11 is 0. The smallest absolute Gasteiger partial charge is 0.129 e. The standard InChI is InChI=1S/C20H20F2N2/c1-13-2-5-19-16(10-13)17-12-23-8-6-20(17)24(19)9-7-14-3-4-15(21)11-18(14)22/h2-5,10-11,23H,6-9,12H2,1H3. The highest BCUT2D eigenvalue weighted by Gasteiger charge is 2.19. The Morgan fingerprint density at radius 1 is 1.12 bits per heavy atom. The molecule has 124 valence electrons. The van der Waals surface area contributed by atoms with Crippen molar-refractivity contribution in [1.82, 2.24) is 9.88 Å². The second kappa shape index (κ2) is 6.02. The molecule has 4 heteroatoms. The van der Waals surface area contributed by atoms with Gasteiger partial charge in [-0.1, -0.05) is 17.7 Å². The predicted molar refractivity (Wildman–Crippen MR) is 92.1 cm³/mol. The van der Waals surface area contributed by atoms with Crippen molar-refractivity contribution >= 4 is 10.9 Å². The lowest BCUT2D eigenvalue weighted by molar-refractivity contribution is 0.557. The molecule has 0 unspecified atom stereocenters. The number of hydrogen-bond donors (Lipinski definition) is 1. The summed E-state index contributed by atoms with van der Waals surface area (Å²) < 4.78 is 29.3. The lowest BCUT2D eigenvalue weighted by atomic mass is 10.0. The Bertz CT molecular complexity index is 912. The molecular weight excluding hydrogens is 306 g/mol. The van der Waals surface area contributed by atoms with Crippen LogP contribution in [0, 0.1) is 18.6 Å². The van der Waals surface area contributed by atoms with Crippen molar-refractivity contribution in [3.05, 3.63) is 70.4 Å². The minimum Gasteiger partial charge on any atom is -0.344 e. The molecule has 3 aromatic rings. The summed E-state index contributed by atoms with van der Waals surface area (Å²) in [5.41, 5.74) is 5.72. The first-order valence-corrected chi connectivity index (χ1v) is 8.39. The van der Waals surface area contributed by atoms with Crippen LogP contribution in [0.1, 0.15) is 22.4 Å². The van der Waals surface area contributed by atoms with Gasteiger partial charge >= 0.3 is 0 Å². The molecule has 0 amide bonds. The molecule has 0 atom stereocenters. The summed E-state index contributed by atoms with van der Waals surface area (Å²) in [6, 6.07) is 10.4. The number of hydrogen-bond acceptors (Lipinski definition) is 1. The minimum atomic E-state index is -0.526. The third kappa shape index (κ3) is 2.61. The van der Waals surface area contributed by atoms with Crippen molar-refractivity contribution in [2.45, 2.75) is 32.9 Å². The third-order valence-electron chi connectivity index (χ3n) is 4.90. The zero-order chi connectivity index (χ0) is 16.7. The highest BCUT2D eigenvalue weighted by atomic mass is 19.1. The molecule has 0 fully saturated rings. The predicted octanol–water partition coefficient (Wildman–Crippen LogP) is 4.12. The SMILES string of the molecule is Cc1ccc2c(c1)c1c(n2CCc2ccc(F)cc2F)CCNC1. The maximum atomic E-state index is 13.9. The van der Waals surface area contributed by atoms with E-state index in [1.165, 1.54) is 33.8 Å². The van der Waals surface area contributed by atoms with Gasteiger partial charge in [0.15, 0.2) is 0 Å². The van der Waals surface area contributed by atoms with Crippen molar-refractivity contribution < 1.29 is 8.78 Å². The zero-order valence-electron chi connectivity index (χ0n) is 13.7. The van der Waals surface area contributed by atoms with E-state index >= 15 is 0 Å². The molecule has 4 rings (SSSR count). The van der Waals surface area contributed by atoms with Gasteiger partial charge in [0.2, 0.25) is 0 Å². The van der Waals surface area contributed by atoms with E-state index in [9.17, 15) is 8.78 Å². The van der Waals surface area contributed by atoms with Gasteiger partial charge in [-0.25, -0.2) is 8.78 Å². The van der Waals surface area contributed by atoms with Gasteiger partial charge in [0.25, 0.3) is 0 Å². The summed E-state index contributed by atoms with van der Waals surface area (Å²) in [7, 11) is 0. The minimum absolute atomic E-state index is 0.460. The quantitative estimate of drug-likeness (QED) is 0.766. The monoisotopic (exact) mass is 326 g/mol. The molecule has 2 aromatic carbocycles. The Labute approximate surface area is 140 Å². The number of nitrogens with zero attached hydrogens (tertiary/aromatic N) is 1. The molecule has 0 spiro atoms. The molecular formula is C20H20F2N2. The number of aryl methyl sites for hydroxylation is 3. The van der Waals surface area contributed by atoms with Gasteiger partial charge in [-0.15, -0.1) is 0 Å². The number of fused-ring (bicyclic) bond motifs is 3. The van der Waals surface area contributed by atoms with Crippen molar-refractivity contribution in [1.29, 1.82) is 0 Å². The van der Waals surface area contributed by atoms with Gasteiger partial charge < -0.3 is 9.88 Å². The fraction of sp³-hybridized carbons (Fsp3) is 0.300. The van der Waals surface area contributed by atoms with Crippen LogP contribution in [0.15, 0.2) is 36.4 Å². The highest BCUT2D eigenvalue weighted by molar-refractivity contribution is 5.86. The van der Waals surface area contributed by atoms with E-state index in [1.54, 1.807) is 6.07 Å². The van der Waals surface area contributed by atoms with Crippen LogP contribution in [0.2, 0.25) is 0 Å². The zero-order valence-corrected chi connectivity index (χ0v) is 13.7.